The van der Waals surface area contributed by atoms with Gasteiger partial charge < -0.3 is 14.6 Å². The van der Waals surface area contributed by atoms with Crippen molar-refractivity contribution in [1.82, 2.24) is 9.88 Å². The third-order valence-corrected chi connectivity index (χ3v) is 7.79. The third kappa shape index (κ3) is 6.02. The standard InChI is InChI=1S/C35H36N2O4/c1-3-4-5-6-10-17-30-29-19-18-26(35(40)41-2)21-31(29)37-23-27(20-25-15-11-12-16-28(25)33(30)37)34(39)36-22-32(38)24-13-8-7-9-14-24/h7-9,11-16,18-21H,3-6,10,17,22-23H2,1-2H3,(H,36,39). The minimum absolute atomic E-state index is 0.0867. The number of rotatable bonds is 11. The Balaban J connectivity index is 1.54. The summed E-state index contributed by atoms with van der Waals surface area (Å²) >= 11 is 0. The fraction of sp³-hybridized carbons (Fsp3) is 0.286. The van der Waals surface area contributed by atoms with E-state index >= 15 is 0 Å². The van der Waals surface area contributed by atoms with E-state index in [-0.39, 0.29) is 18.2 Å². The number of carbonyl (C=O) groups excluding carboxylic acids is 3. The van der Waals surface area contributed by atoms with E-state index in [9.17, 15) is 14.4 Å². The molecule has 5 rings (SSSR count). The zero-order valence-corrected chi connectivity index (χ0v) is 23.7. The lowest BCUT2D eigenvalue weighted by atomic mass is 9.96. The first-order valence-electron chi connectivity index (χ1n) is 14.4. The van der Waals surface area contributed by atoms with Crippen molar-refractivity contribution in [2.75, 3.05) is 13.7 Å². The van der Waals surface area contributed by atoms with Crippen LogP contribution in [0.2, 0.25) is 0 Å². The van der Waals surface area contributed by atoms with Gasteiger partial charge in [-0.3, -0.25) is 9.59 Å². The summed E-state index contributed by atoms with van der Waals surface area (Å²) < 4.78 is 7.17. The van der Waals surface area contributed by atoms with Crippen molar-refractivity contribution in [3.05, 3.63) is 101 Å². The van der Waals surface area contributed by atoms with Crippen molar-refractivity contribution >= 4 is 34.6 Å². The van der Waals surface area contributed by atoms with Crippen LogP contribution in [0.1, 0.15) is 70.9 Å². The van der Waals surface area contributed by atoms with E-state index in [2.05, 4.69) is 22.9 Å². The molecule has 4 aromatic rings. The number of methoxy groups -OCH3 is 1. The largest absolute Gasteiger partial charge is 0.465 e. The number of hydrogen-bond donors (Lipinski definition) is 1. The second kappa shape index (κ2) is 12.8. The Kier molecular flexibility index (Phi) is 8.78. The third-order valence-electron chi connectivity index (χ3n) is 7.79. The number of fused-ring (bicyclic) bond motifs is 5. The highest BCUT2D eigenvalue weighted by atomic mass is 16.5. The average Bonchev–Trinajstić information content (AvgIpc) is 3.19. The number of hydrogen-bond acceptors (Lipinski definition) is 4. The van der Waals surface area contributed by atoms with Crippen molar-refractivity contribution in [2.45, 2.75) is 52.0 Å². The highest BCUT2D eigenvalue weighted by Crippen LogP contribution is 2.40. The molecule has 1 aliphatic rings. The fourth-order valence-electron chi connectivity index (χ4n) is 5.68. The van der Waals surface area contributed by atoms with Gasteiger partial charge in [0.25, 0.3) is 0 Å². The Morgan fingerprint density at radius 2 is 1.63 bits per heavy atom. The van der Waals surface area contributed by atoms with E-state index < -0.39 is 5.97 Å². The maximum Gasteiger partial charge on any atom is 0.337 e. The van der Waals surface area contributed by atoms with Crippen molar-refractivity contribution in [3.63, 3.8) is 0 Å². The van der Waals surface area contributed by atoms with Crippen LogP contribution in [-0.2, 0) is 22.5 Å². The van der Waals surface area contributed by atoms with Gasteiger partial charge in [-0.25, -0.2) is 4.79 Å². The number of aryl methyl sites for hydroxylation is 1. The van der Waals surface area contributed by atoms with Gasteiger partial charge in [-0.1, -0.05) is 93.3 Å². The van der Waals surface area contributed by atoms with Crippen molar-refractivity contribution in [3.8, 4) is 11.3 Å². The predicted molar refractivity (Wildman–Crippen MR) is 163 cm³/mol. The quantitative estimate of drug-likeness (QED) is 0.124. The maximum atomic E-state index is 13.5. The van der Waals surface area contributed by atoms with E-state index in [0.717, 1.165) is 47.0 Å². The number of Topliss-reactive ketones (excluding diaryl/α,β-unsaturated/α-hetero) is 1. The monoisotopic (exact) mass is 548 g/mol. The summed E-state index contributed by atoms with van der Waals surface area (Å²) in [6.45, 7) is 2.44. The summed E-state index contributed by atoms with van der Waals surface area (Å²) in [6, 6.07) is 22.8. The molecular formula is C35H36N2O4. The van der Waals surface area contributed by atoms with Gasteiger partial charge in [0.1, 0.15) is 0 Å². The molecule has 1 aliphatic heterocycles. The molecule has 0 fully saturated rings. The van der Waals surface area contributed by atoms with E-state index in [1.807, 2.05) is 60.7 Å². The summed E-state index contributed by atoms with van der Waals surface area (Å²) in [5.74, 6) is -0.830. The number of ketones is 1. The van der Waals surface area contributed by atoms with Crippen LogP contribution in [0.15, 0.2) is 78.4 Å². The molecule has 1 aromatic heterocycles. The molecule has 3 aromatic carbocycles. The number of benzene rings is 3. The first kappa shape index (κ1) is 28.1. The second-order valence-electron chi connectivity index (χ2n) is 10.5. The molecule has 1 amide bonds. The van der Waals surface area contributed by atoms with Crippen LogP contribution >= 0.6 is 0 Å². The minimum Gasteiger partial charge on any atom is -0.465 e. The summed E-state index contributed by atoms with van der Waals surface area (Å²) in [5, 5.41) is 3.93. The molecule has 210 valence electrons. The fourth-order valence-corrected chi connectivity index (χ4v) is 5.68. The van der Waals surface area contributed by atoms with Crippen LogP contribution in [-0.4, -0.2) is 35.9 Å². The van der Waals surface area contributed by atoms with Gasteiger partial charge >= 0.3 is 5.97 Å². The van der Waals surface area contributed by atoms with Crippen molar-refractivity contribution in [2.24, 2.45) is 0 Å². The second-order valence-corrected chi connectivity index (χ2v) is 10.5. The molecule has 1 N–H and O–H groups in total. The number of unbranched alkanes of at least 4 members (excludes halogenated alkanes) is 4. The Morgan fingerprint density at radius 3 is 2.41 bits per heavy atom. The van der Waals surface area contributed by atoms with Crippen LogP contribution in [0.25, 0.3) is 28.2 Å². The Bertz CT molecular complexity index is 1610. The Labute approximate surface area is 241 Å². The maximum absolute atomic E-state index is 13.5. The van der Waals surface area contributed by atoms with Crippen LogP contribution < -0.4 is 5.32 Å². The number of nitrogens with zero attached hydrogens (tertiary/aromatic N) is 1. The molecule has 0 saturated carbocycles. The molecule has 0 unspecified atom stereocenters. The van der Waals surface area contributed by atoms with Gasteiger partial charge in [0, 0.05) is 27.6 Å². The van der Waals surface area contributed by atoms with Crippen LogP contribution in [0.5, 0.6) is 0 Å². The smallest absolute Gasteiger partial charge is 0.337 e. The Morgan fingerprint density at radius 1 is 0.878 bits per heavy atom. The van der Waals surface area contributed by atoms with Gasteiger partial charge in [0.2, 0.25) is 5.91 Å². The van der Waals surface area contributed by atoms with Gasteiger partial charge in [0.15, 0.2) is 5.78 Å². The summed E-state index contributed by atoms with van der Waals surface area (Å²) in [4.78, 5) is 38.7. The van der Waals surface area contributed by atoms with Gasteiger partial charge in [0.05, 0.1) is 31.5 Å². The molecule has 6 heteroatoms. The van der Waals surface area contributed by atoms with Crippen LogP contribution in [0, 0.1) is 0 Å². The number of aromatic nitrogens is 1. The van der Waals surface area contributed by atoms with E-state index in [1.54, 1.807) is 12.1 Å². The van der Waals surface area contributed by atoms with Gasteiger partial charge in [-0.15, -0.1) is 0 Å². The number of amides is 1. The predicted octanol–water partition coefficient (Wildman–Crippen LogP) is 7.00. The Hall–Kier alpha value is -4.45. The normalized spacial score (nSPS) is 12.2. The van der Waals surface area contributed by atoms with Crippen molar-refractivity contribution in [1.29, 1.82) is 0 Å². The van der Waals surface area contributed by atoms with E-state index in [4.69, 9.17) is 4.74 Å². The lowest BCUT2D eigenvalue weighted by Crippen LogP contribution is -2.31. The molecule has 0 atom stereocenters. The van der Waals surface area contributed by atoms with Crippen LogP contribution in [0.4, 0.5) is 0 Å². The highest BCUT2D eigenvalue weighted by molar-refractivity contribution is 6.05. The minimum atomic E-state index is -0.398. The summed E-state index contributed by atoms with van der Waals surface area (Å²) in [5.41, 5.74) is 6.78. The first-order valence-corrected chi connectivity index (χ1v) is 14.4. The molecule has 41 heavy (non-hydrogen) atoms. The van der Waals surface area contributed by atoms with Crippen molar-refractivity contribution < 1.29 is 19.1 Å². The molecule has 0 radical (unpaired) electrons. The first-order chi connectivity index (χ1) is 20.0. The van der Waals surface area contributed by atoms with Gasteiger partial charge in [-0.05, 0) is 42.2 Å². The lowest BCUT2D eigenvalue weighted by molar-refractivity contribution is -0.117. The number of nitrogens with one attached hydrogen (secondary N) is 1. The summed E-state index contributed by atoms with van der Waals surface area (Å²) in [7, 11) is 1.38. The molecule has 0 spiro atoms. The lowest BCUT2D eigenvalue weighted by Gasteiger charge is -2.13. The zero-order valence-electron chi connectivity index (χ0n) is 23.7. The van der Waals surface area contributed by atoms with E-state index in [1.165, 1.54) is 31.9 Å². The molecule has 2 heterocycles. The number of carbonyl (C=O) groups is 3. The number of esters is 1. The average molecular weight is 549 g/mol. The van der Waals surface area contributed by atoms with E-state index in [0.29, 0.717) is 23.2 Å². The molecular weight excluding hydrogens is 512 g/mol. The molecule has 0 aliphatic carbocycles. The number of ether oxygens (including phenoxy) is 1. The van der Waals surface area contributed by atoms with Crippen LogP contribution in [0.3, 0.4) is 0 Å². The molecule has 0 saturated heterocycles. The zero-order chi connectivity index (χ0) is 28.8. The SMILES string of the molecule is CCCCCCCc1c2n(c3cc(C(=O)OC)ccc13)CC(C(=O)NCC(=O)c1ccccc1)=Cc1ccccc1-2. The molecule has 0 bridgehead atoms. The topological polar surface area (TPSA) is 77.4 Å². The van der Waals surface area contributed by atoms with Gasteiger partial charge in [-0.2, -0.15) is 0 Å². The highest BCUT2D eigenvalue weighted by Gasteiger charge is 2.26. The molecule has 6 nitrogen and oxygen atoms in total. The summed E-state index contributed by atoms with van der Waals surface area (Å²) in [6.07, 6.45) is 8.68.